The lowest BCUT2D eigenvalue weighted by Gasteiger charge is -1.84. The Morgan fingerprint density at radius 1 is 1.82 bits per heavy atom. The number of aliphatic imine (C=N–C) groups is 1. The number of thiocarbonyl (C=S) groups is 1. The highest BCUT2D eigenvalue weighted by Crippen LogP contribution is 2.17. The van der Waals surface area contributed by atoms with E-state index in [1.807, 2.05) is 5.16 Å². The van der Waals surface area contributed by atoms with Crippen LogP contribution in [0.25, 0.3) is 0 Å². The summed E-state index contributed by atoms with van der Waals surface area (Å²) in [4.78, 5) is 14.2. The fraction of sp³-hybridized carbons (Fsp3) is 0. The van der Waals surface area contributed by atoms with E-state index in [0.29, 0.717) is 10.2 Å². The summed E-state index contributed by atoms with van der Waals surface area (Å²) in [6.07, 6.45) is 1.39. The molecule has 3 nitrogen and oxygen atoms in total. The fourth-order valence-electron chi connectivity index (χ4n) is 0.548. The maximum Gasteiger partial charge on any atom is 0.290 e. The van der Waals surface area contributed by atoms with Gasteiger partial charge in [-0.15, -0.1) is 0 Å². The molecule has 0 aromatic carbocycles. The number of rotatable bonds is 1. The summed E-state index contributed by atoms with van der Waals surface area (Å²) >= 11 is 7.29. The normalized spacial score (nSPS) is 8.82. The molecule has 0 spiro atoms. The number of nitrogens with zero attached hydrogens (tertiary/aromatic N) is 1. The largest absolute Gasteiger partial charge is 0.457 e. The predicted molar refractivity (Wildman–Crippen MR) is 45.8 cm³/mol. The van der Waals surface area contributed by atoms with Crippen LogP contribution in [-0.2, 0) is 0 Å². The van der Waals surface area contributed by atoms with E-state index in [-0.39, 0.29) is 0 Å². The first-order valence-electron chi connectivity index (χ1n) is 2.61. The number of amides is 1. The SMILES string of the molecule is O=C(N=C=S)c1ccoc1Br. The van der Waals surface area contributed by atoms with Gasteiger partial charge in [0, 0.05) is 0 Å². The van der Waals surface area contributed by atoms with Crippen molar-refractivity contribution in [1.29, 1.82) is 0 Å². The van der Waals surface area contributed by atoms with Crippen molar-refractivity contribution < 1.29 is 9.21 Å². The summed E-state index contributed by atoms with van der Waals surface area (Å²) in [5.74, 6) is -0.458. The molecule has 5 heteroatoms. The summed E-state index contributed by atoms with van der Waals surface area (Å²) in [5, 5.41) is 1.98. The van der Waals surface area contributed by atoms with Crippen molar-refractivity contribution in [2.45, 2.75) is 0 Å². The van der Waals surface area contributed by atoms with Crippen LogP contribution in [0.2, 0.25) is 0 Å². The predicted octanol–water partition coefficient (Wildman–Crippen LogP) is 2.29. The Balaban J connectivity index is 3.02. The third-order valence-corrected chi connectivity index (χ3v) is 1.70. The molecule has 0 bridgehead atoms. The summed E-state index contributed by atoms with van der Waals surface area (Å²) in [6, 6.07) is 1.50. The third kappa shape index (κ3) is 1.83. The number of hydrogen-bond acceptors (Lipinski definition) is 3. The molecule has 1 aromatic heterocycles. The molecular weight excluding hydrogens is 230 g/mol. The summed E-state index contributed by atoms with van der Waals surface area (Å²) in [7, 11) is 0. The van der Waals surface area contributed by atoms with Crippen molar-refractivity contribution in [3.8, 4) is 0 Å². The number of hydrogen-bond donors (Lipinski definition) is 0. The van der Waals surface area contributed by atoms with Crippen molar-refractivity contribution in [3.05, 3.63) is 22.6 Å². The van der Waals surface area contributed by atoms with Crippen molar-refractivity contribution in [2.75, 3.05) is 0 Å². The molecular formula is C6H2BrNO2S. The Hall–Kier alpha value is -0.770. The van der Waals surface area contributed by atoms with E-state index in [0.717, 1.165) is 0 Å². The highest BCUT2D eigenvalue weighted by atomic mass is 79.9. The van der Waals surface area contributed by atoms with Crippen LogP contribution in [0, 0.1) is 0 Å². The topological polar surface area (TPSA) is 42.6 Å². The van der Waals surface area contributed by atoms with Gasteiger partial charge in [0.1, 0.15) is 0 Å². The zero-order valence-electron chi connectivity index (χ0n) is 5.20. The van der Waals surface area contributed by atoms with Gasteiger partial charge >= 0.3 is 0 Å². The van der Waals surface area contributed by atoms with Gasteiger partial charge < -0.3 is 4.42 Å². The lowest BCUT2D eigenvalue weighted by atomic mass is 10.3. The van der Waals surface area contributed by atoms with Crippen LogP contribution in [-0.4, -0.2) is 11.1 Å². The minimum Gasteiger partial charge on any atom is -0.457 e. The summed E-state index contributed by atoms with van der Waals surface area (Å²) in [6.45, 7) is 0. The van der Waals surface area contributed by atoms with E-state index in [2.05, 4.69) is 33.1 Å². The van der Waals surface area contributed by atoms with Gasteiger partial charge in [-0.05, 0) is 34.2 Å². The molecule has 11 heavy (non-hydrogen) atoms. The van der Waals surface area contributed by atoms with E-state index >= 15 is 0 Å². The molecule has 0 unspecified atom stereocenters. The first-order chi connectivity index (χ1) is 5.25. The van der Waals surface area contributed by atoms with Crippen LogP contribution in [0.5, 0.6) is 0 Å². The number of furan rings is 1. The average Bonchev–Trinajstić information content (AvgIpc) is 2.36. The minimum absolute atomic E-state index is 0.349. The second kappa shape index (κ2) is 3.57. The monoisotopic (exact) mass is 231 g/mol. The Labute approximate surface area is 76.2 Å². The van der Waals surface area contributed by atoms with Crippen LogP contribution < -0.4 is 0 Å². The van der Waals surface area contributed by atoms with Gasteiger partial charge in [-0.25, -0.2) is 0 Å². The Morgan fingerprint density at radius 3 is 3.00 bits per heavy atom. The molecule has 0 aliphatic carbocycles. The Morgan fingerprint density at radius 2 is 2.55 bits per heavy atom. The zero-order valence-corrected chi connectivity index (χ0v) is 7.61. The van der Waals surface area contributed by atoms with E-state index in [1.54, 1.807) is 0 Å². The number of carbonyl (C=O) groups excluding carboxylic acids is 1. The van der Waals surface area contributed by atoms with Crippen molar-refractivity contribution >= 4 is 39.2 Å². The molecule has 0 N–H and O–H groups in total. The lowest BCUT2D eigenvalue weighted by molar-refractivity contribution is 0.100. The van der Waals surface area contributed by atoms with Crippen molar-refractivity contribution in [2.24, 2.45) is 4.99 Å². The van der Waals surface area contributed by atoms with E-state index in [1.165, 1.54) is 12.3 Å². The molecule has 1 rings (SSSR count). The van der Waals surface area contributed by atoms with Crippen LogP contribution in [0.15, 0.2) is 26.4 Å². The fourth-order valence-corrected chi connectivity index (χ4v) is 1.04. The quantitative estimate of drug-likeness (QED) is 0.551. The number of carbonyl (C=O) groups is 1. The second-order valence-corrected chi connectivity index (χ2v) is 2.52. The van der Waals surface area contributed by atoms with Crippen LogP contribution >= 0.6 is 28.1 Å². The van der Waals surface area contributed by atoms with Crippen LogP contribution in [0.3, 0.4) is 0 Å². The first-order valence-corrected chi connectivity index (χ1v) is 3.81. The minimum atomic E-state index is -0.458. The highest BCUT2D eigenvalue weighted by molar-refractivity contribution is 9.10. The molecule has 1 amide bonds. The van der Waals surface area contributed by atoms with Gasteiger partial charge in [-0.1, -0.05) is 0 Å². The van der Waals surface area contributed by atoms with E-state index < -0.39 is 5.91 Å². The molecule has 0 saturated carbocycles. The molecule has 0 aliphatic rings. The molecule has 0 radical (unpaired) electrons. The Kier molecular flexibility index (Phi) is 2.70. The summed E-state index contributed by atoms with van der Waals surface area (Å²) in [5.41, 5.74) is 0.349. The molecule has 0 saturated heterocycles. The van der Waals surface area contributed by atoms with E-state index in [4.69, 9.17) is 4.42 Å². The van der Waals surface area contributed by atoms with Gasteiger partial charge in [0.05, 0.1) is 17.0 Å². The van der Waals surface area contributed by atoms with Gasteiger partial charge in [0.25, 0.3) is 5.91 Å². The molecule has 0 aliphatic heterocycles. The van der Waals surface area contributed by atoms with Gasteiger partial charge in [-0.3, -0.25) is 4.79 Å². The van der Waals surface area contributed by atoms with E-state index in [9.17, 15) is 4.79 Å². The standard InChI is InChI=1S/C6H2BrNO2S/c7-5-4(1-2-10-5)6(9)8-3-11/h1-2H. The summed E-state index contributed by atoms with van der Waals surface area (Å²) < 4.78 is 5.16. The molecule has 0 fully saturated rings. The third-order valence-electron chi connectivity index (χ3n) is 0.996. The average molecular weight is 232 g/mol. The second-order valence-electron chi connectivity index (χ2n) is 1.62. The van der Waals surface area contributed by atoms with Gasteiger partial charge in [0.15, 0.2) is 4.67 Å². The number of isothiocyanates is 1. The zero-order chi connectivity index (χ0) is 8.27. The lowest BCUT2D eigenvalue weighted by Crippen LogP contribution is -1.91. The van der Waals surface area contributed by atoms with Gasteiger partial charge in [0.2, 0.25) is 0 Å². The maximum atomic E-state index is 10.9. The first kappa shape index (κ1) is 8.33. The smallest absolute Gasteiger partial charge is 0.290 e. The van der Waals surface area contributed by atoms with Crippen molar-refractivity contribution in [3.63, 3.8) is 0 Å². The molecule has 0 atom stereocenters. The Bertz CT molecular complexity index is 327. The number of halogens is 1. The van der Waals surface area contributed by atoms with Crippen LogP contribution in [0.4, 0.5) is 0 Å². The van der Waals surface area contributed by atoms with Crippen molar-refractivity contribution in [1.82, 2.24) is 0 Å². The van der Waals surface area contributed by atoms with Gasteiger partial charge in [-0.2, -0.15) is 4.99 Å². The highest BCUT2D eigenvalue weighted by Gasteiger charge is 2.10. The molecule has 1 heterocycles. The maximum absolute atomic E-state index is 10.9. The molecule has 56 valence electrons. The van der Waals surface area contributed by atoms with Crippen LogP contribution in [0.1, 0.15) is 10.4 Å². The molecule has 1 aromatic rings.